The van der Waals surface area contributed by atoms with Gasteiger partial charge in [-0.15, -0.1) is 0 Å². The van der Waals surface area contributed by atoms with E-state index in [2.05, 4.69) is 37.5 Å². The molecule has 1 N–H and O–H groups in total. The third-order valence-electron chi connectivity index (χ3n) is 4.92. The standard InChI is InChI=1S/C18H27NO2/c1-13-4-5-15(12-19-2)16(10-13)14-6-7-17-18(11-14)21-9-3-8-20-17/h6-7,11,13,15-16,19H,3-5,8-10,12H2,1-2H3. The summed E-state index contributed by atoms with van der Waals surface area (Å²) in [5, 5.41) is 3.37. The molecule has 3 atom stereocenters. The van der Waals surface area contributed by atoms with Gasteiger partial charge in [0.25, 0.3) is 0 Å². The Balaban J connectivity index is 1.85. The second kappa shape index (κ2) is 6.69. The summed E-state index contributed by atoms with van der Waals surface area (Å²) in [6.07, 6.45) is 4.92. The van der Waals surface area contributed by atoms with E-state index < -0.39 is 0 Å². The largest absolute Gasteiger partial charge is 0.490 e. The van der Waals surface area contributed by atoms with Crippen LogP contribution in [0.15, 0.2) is 18.2 Å². The Hall–Kier alpha value is -1.22. The fraction of sp³-hybridized carbons (Fsp3) is 0.667. The fourth-order valence-electron chi connectivity index (χ4n) is 3.77. The van der Waals surface area contributed by atoms with Crippen molar-refractivity contribution in [2.75, 3.05) is 26.8 Å². The average Bonchev–Trinajstić information content (AvgIpc) is 2.73. The molecular formula is C18H27NO2. The van der Waals surface area contributed by atoms with Crippen molar-refractivity contribution in [3.05, 3.63) is 23.8 Å². The number of ether oxygens (including phenoxy) is 2. The lowest BCUT2D eigenvalue weighted by Gasteiger charge is -2.35. The Labute approximate surface area is 128 Å². The van der Waals surface area contributed by atoms with Crippen molar-refractivity contribution in [2.45, 2.75) is 38.5 Å². The minimum absolute atomic E-state index is 0.637. The molecule has 3 heteroatoms. The van der Waals surface area contributed by atoms with Gasteiger partial charge in [0.15, 0.2) is 11.5 Å². The van der Waals surface area contributed by atoms with Gasteiger partial charge in [-0.3, -0.25) is 0 Å². The zero-order valence-corrected chi connectivity index (χ0v) is 13.2. The van der Waals surface area contributed by atoms with Crippen molar-refractivity contribution in [3.63, 3.8) is 0 Å². The maximum atomic E-state index is 5.86. The van der Waals surface area contributed by atoms with E-state index in [1.165, 1.54) is 24.8 Å². The van der Waals surface area contributed by atoms with Crippen LogP contribution in [0.25, 0.3) is 0 Å². The zero-order chi connectivity index (χ0) is 14.7. The van der Waals surface area contributed by atoms with Gasteiger partial charge in [-0.2, -0.15) is 0 Å². The molecule has 21 heavy (non-hydrogen) atoms. The van der Waals surface area contributed by atoms with Crippen LogP contribution in [0, 0.1) is 11.8 Å². The lowest BCUT2D eigenvalue weighted by Crippen LogP contribution is -2.29. The molecule has 3 rings (SSSR count). The van der Waals surface area contributed by atoms with Gasteiger partial charge in [0.1, 0.15) is 0 Å². The van der Waals surface area contributed by atoms with Crippen LogP contribution in [0.1, 0.15) is 44.1 Å². The highest BCUT2D eigenvalue weighted by atomic mass is 16.5. The van der Waals surface area contributed by atoms with Crippen LogP contribution >= 0.6 is 0 Å². The summed E-state index contributed by atoms with van der Waals surface area (Å²) >= 11 is 0. The van der Waals surface area contributed by atoms with E-state index in [1.807, 2.05) is 0 Å². The first kappa shape index (κ1) is 14.7. The van der Waals surface area contributed by atoms with E-state index in [-0.39, 0.29) is 0 Å². The maximum absolute atomic E-state index is 5.86. The third-order valence-corrected chi connectivity index (χ3v) is 4.92. The number of nitrogens with one attached hydrogen (secondary N) is 1. The molecule has 0 aromatic heterocycles. The van der Waals surface area contributed by atoms with E-state index >= 15 is 0 Å². The third kappa shape index (κ3) is 3.34. The molecule has 1 heterocycles. The van der Waals surface area contributed by atoms with Crippen molar-refractivity contribution in [2.24, 2.45) is 11.8 Å². The Morgan fingerprint density at radius 3 is 2.76 bits per heavy atom. The number of benzene rings is 1. The molecule has 1 aromatic rings. The van der Waals surface area contributed by atoms with Gasteiger partial charge in [-0.05, 0) is 61.9 Å². The molecule has 0 radical (unpaired) electrons. The Morgan fingerprint density at radius 2 is 1.95 bits per heavy atom. The van der Waals surface area contributed by atoms with Crippen molar-refractivity contribution in [1.82, 2.24) is 5.32 Å². The molecule has 2 aliphatic rings. The molecule has 0 bridgehead atoms. The van der Waals surface area contributed by atoms with Gasteiger partial charge in [0.05, 0.1) is 13.2 Å². The van der Waals surface area contributed by atoms with Crippen LogP contribution in [0.5, 0.6) is 11.5 Å². The van der Waals surface area contributed by atoms with Crippen molar-refractivity contribution in [1.29, 1.82) is 0 Å². The number of hydrogen-bond donors (Lipinski definition) is 1. The molecule has 0 spiro atoms. The maximum Gasteiger partial charge on any atom is 0.161 e. The van der Waals surface area contributed by atoms with Crippen LogP contribution in [-0.4, -0.2) is 26.8 Å². The van der Waals surface area contributed by atoms with Crippen molar-refractivity contribution >= 4 is 0 Å². The summed E-state index contributed by atoms with van der Waals surface area (Å²) in [4.78, 5) is 0. The fourth-order valence-corrected chi connectivity index (χ4v) is 3.77. The SMILES string of the molecule is CNCC1CCC(C)CC1c1ccc2c(c1)OCCCO2. The second-order valence-electron chi connectivity index (χ2n) is 6.60. The molecule has 0 amide bonds. The minimum Gasteiger partial charge on any atom is -0.490 e. The van der Waals surface area contributed by atoms with Crippen LogP contribution < -0.4 is 14.8 Å². The molecule has 1 aliphatic carbocycles. The highest BCUT2D eigenvalue weighted by molar-refractivity contribution is 5.44. The summed E-state index contributed by atoms with van der Waals surface area (Å²) in [5.74, 6) is 4.03. The highest BCUT2D eigenvalue weighted by Crippen LogP contribution is 2.42. The van der Waals surface area contributed by atoms with E-state index in [9.17, 15) is 0 Å². The smallest absolute Gasteiger partial charge is 0.161 e. The second-order valence-corrected chi connectivity index (χ2v) is 6.60. The van der Waals surface area contributed by atoms with Crippen LogP contribution in [0.4, 0.5) is 0 Å². The predicted octanol–water partition coefficient (Wildman–Crippen LogP) is 3.59. The van der Waals surface area contributed by atoms with E-state index in [1.54, 1.807) is 0 Å². The normalized spacial score (nSPS) is 29.0. The lowest BCUT2D eigenvalue weighted by atomic mass is 9.71. The Bertz CT molecular complexity index is 474. The number of hydrogen-bond acceptors (Lipinski definition) is 3. The van der Waals surface area contributed by atoms with Gasteiger partial charge in [0.2, 0.25) is 0 Å². The Kier molecular flexibility index (Phi) is 4.69. The lowest BCUT2D eigenvalue weighted by molar-refractivity contribution is 0.244. The molecule has 1 saturated carbocycles. The zero-order valence-electron chi connectivity index (χ0n) is 13.2. The van der Waals surface area contributed by atoms with Crippen molar-refractivity contribution in [3.8, 4) is 11.5 Å². The molecule has 3 nitrogen and oxygen atoms in total. The highest BCUT2D eigenvalue weighted by Gasteiger charge is 2.30. The quantitative estimate of drug-likeness (QED) is 0.922. The van der Waals surface area contributed by atoms with Gasteiger partial charge in [0, 0.05) is 6.42 Å². The van der Waals surface area contributed by atoms with E-state index in [0.717, 1.165) is 49.5 Å². The average molecular weight is 289 g/mol. The summed E-state index contributed by atoms with van der Waals surface area (Å²) < 4.78 is 11.6. The van der Waals surface area contributed by atoms with Crippen LogP contribution in [-0.2, 0) is 0 Å². The minimum atomic E-state index is 0.637. The van der Waals surface area contributed by atoms with Gasteiger partial charge in [-0.1, -0.05) is 19.4 Å². The predicted molar refractivity (Wildman–Crippen MR) is 85.2 cm³/mol. The monoisotopic (exact) mass is 289 g/mol. The molecule has 116 valence electrons. The number of fused-ring (bicyclic) bond motifs is 1. The first-order valence-electron chi connectivity index (χ1n) is 8.32. The van der Waals surface area contributed by atoms with Crippen LogP contribution in [0.3, 0.4) is 0 Å². The summed E-state index contributed by atoms with van der Waals surface area (Å²) in [5.41, 5.74) is 1.42. The first-order chi connectivity index (χ1) is 10.3. The van der Waals surface area contributed by atoms with E-state index in [0.29, 0.717) is 5.92 Å². The molecule has 1 fully saturated rings. The van der Waals surface area contributed by atoms with Gasteiger partial charge < -0.3 is 14.8 Å². The van der Waals surface area contributed by atoms with Crippen LogP contribution in [0.2, 0.25) is 0 Å². The van der Waals surface area contributed by atoms with Crippen molar-refractivity contribution < 1.29 is 9.47 Å². The molecular weight excluding hydrogens is 262 g/mol. The van der Waals surface area contributed by atoms with Gasteiger partial charge >= 0.3 is 0 Å². The van der Waals surface area contributed by atoms with E-state index in [4.69, 9.17) is 9.47 Å². The summed E-state index contributed by atoms with van der Waals surface area (Å²) in [6, 6.07) is 6.58. The summed E-state index contributed by atoms with van der Waals surface area (Å²) in [7, 11) is 2.06. The Morgan fingerprint density at radius 1 is 1.14 bits per heavy atom. The molecule has 0 saturated heterocycles. The molecule has 1 aromatic carbocycles. The number of rotatable bonds is 3. The summed E-state index contributed by atoms with van der Waals surface area (Å²) in [6.45, 7) is 5.00. The van der Waals surface area contributed by atoms with Gasteiger partial charge in [-0.25, -0.2) is 0 Å². The molecule has 1 aliphatic heterocycles. The molecule has 3 unspecified atom stereocenters. The topological polar surface area (TPSA) is 30.5 Å². The first-order valence-corrected chi connectivity index (χ1v) is 8.32.